The van der Waals surface area contributed by atoms with Crippen LogP contribution in [0.15, 0.2) is 60.2 Å². The first-order valence-corrected chi connectivity index (χ1v) is 7.38. The summed E-state index contributed by atoms with van der Waals surface area (Å²) in [5.74, 6) is -0.0700. The molecule has 4 rings (SSSR count). The van der Waals surface area contributed by atoms with Gasteiger partial charge in [-0.15, -0.1) is 0 Å². The van der Waals surface area contributed by atoms with Gasteiger partial charge in [0.1, 0.15) is 6.10 Å². The van der Waals surface area contributed by atoms with Crippen LogP contribution in [0.5, 0.6) is 0 Å². The number of esters is 1. The first-order chi connectivity index (χ1) is 10.3. The number of benzene rings is 1. The van der Waals surface area contributed by atoms with Gasteiger partial charge < -0.3 is 4.74 Å². The van der Waals surface area contributed by atoms with Crippen LogP contribution >= 0.6 is 0 Å². The van der Waals surface area contributed by atoms with Gasteiger partial charge in [0.15, 0.2) is 0 Å². The number of carbonyl (C=O) groups excluding carboxylic acids is 1. The predicted octanol–water partition coefficient (Wildman–Crippen LogP) is 2.83. The van der Waals surface area contributed by atoms with E-state index >= 15 is 0 Å². The molecule has 0 spiro atoms. The normalized spacial score (nSPS) is 29.8. The van der Waals surface area contributed by atoms with Crippen molar-refractivity contribution in [2.75, 3.05) is 0 Å². The van der Waals surface area contributed by atoms with Crippen molar-refractivity contribution in [3.05, 3.63) is 65.8 Å². The van der Waals surface area contributed by atoms with Gasteiger partial charge in [0, 0.05) is 5.92 Å². The lowest BCUT2D eigenvalue weighted by molar-refractivity contribution is -0.145. The van der Waals surface area contributed by atoms with Gasteiger partial charge in [0.25, 0.3) is 0 Å². The number of ether oxygens (including phenoxy) is 1. The van der Waals surface area contributed by atoms with E-state index in [-0.39, 0.29) is 24.0 Å². The highest BCUT2D eigenvalue weighted by Gasteiger charge is 2.35. The highest BCUT2D eigenvalue weighted by molar-refractivity contribution is 5.91. The number of para-hydroxylation sites is 1. The van der Waals surface area contributed by atoms with E-state index in [1.165, 1.54) is 5.56 Å². The number of hydrogen-bond acceptors (Lipinski definition) is 2. The Kier molecular flexibility index (Phi) is 2.92. The van der Waals surface area contributed by atoms with Gasteiger partial charge in [-0.1, -0.05) is 42.5 Å². The van der Waals surface area contributed by atoms with Crippen molar-refractivity contribution in [1.29, 1.82) is 0 Å². The molecule has 0 fully saturated rings. The summed E-state index contributed by atoms with van der Waals surface area (Å²) in [6.07, 6.45) is 11.7. The molecule has 21 heavy (non-hydrogen) atoms. The van der Waals surface area contributed by atoms with Crippen molar-refractivity contribution in [2.24, 2.45) is 5.92 Å². The van der Waals surface area contributed by atoms with Crippen LogP contribution in [-0.2, 0) is 16.0 Å². The Hall–Kier alpha value is -2.29. The molecule has 0 N–H and O–H groups in total. The van der Waals surface area contributed by atoms with Crippen molar-refractivity contribution in [1.82, 2.24) is 5.32 Å². The molecule has 1 aromatic rings. The fourth-order valence-electron chi connectivity index (χ4n) is 3.18. The first-order valence-electron chi connectivity index (χ1n) is 7.38. The molecular formula is C18H16NO2. The molecule has 1 aromatic carbocycles. The molecule has 0 aromatic heterocycles. The molecular weight excluding hydrogens is 262 g/mol. The van der Waals surface area contributed by atoms with E-state index in [1.807, 2.05) is 42.5 Å². The third-order valence-electron chi connectivity index (χ3n) is 4.31. The Morgan fingerprint density at radius 2 is 2.00 bits per heavy atom. The van der Waals surface area contributed by atoms with Gasteiger partial charge in [-0.05, 0) is 30.5 Å². The van der Waals surface area contributed by atoms with Crippen LogP contribution in [0, 0.1) is 5.92 Å². The molecule has 3 atom stereocenters. The fraction of sp³-hybridized carbons (Fsp3) is 0.278. The average molecular weight is 278 g/mol. The van der Waals surface area contributed by atoms with Gasteiger partial charge in [-0.25, -0.2) is 4.79 Å². The minimum Gasteiger partial charge on any atom is -0.454 e. The second-order valence-electron chi connectivity index (χ2n) is 5.65. The van der Waals surface area contributed by atoms with E-state index in [2.05, 4.69) is 12.1 Å². The molecule has 3 unspecified atom stereocenters. The molecule has 0 amide bonds. The Labute approximate surface area is 124 Å². The van der Waals surface area contributed by atoms with Gasteiger partial charge in [0.05, 0.1) is 17.3 Å². The van der Waals surface area contributed by atoms with Crippen LogP contribution in [0.1, 0.15) is 12.0 Å². The highest BCUT2D eigenvalue weighted by Crippen LogP contribution is 2.32. The standard InChI is InChI=1S/C18H16NO2/c20-18-14(11-13-6-2-4-8-17(13)21-18)16-10-9-12-5-1-3-7-15(12)19-16/h1-8,11,13,16-17H,9-10H2. The molecule has 2 aliphatic heterocycles. The molecule has 0 saturated heterocycles. The SMILES string of the molecule is O=C1OC2C=CC=CC2C=C1C1CCc2ccccc2[N]1. The van der Waals surface area contributed by atoms with Crippen LogP contribution in [0.25, 0.3) is 0 Å². The molecule has 3 aliphatic rings. The minimum absolute atomic E-state index is 0.0762. The summed E-state index contributed by atoms with van der Waals surface area (Å²) in [6.45, 7) is 0. The Morgan fingerprint density at radius 3 is 2.95 bits per heavy atom. The number of fused-ring (bicyclic) bond motifs is 2. The van der Waals surface area contributed by atoms with Crippen molar-refractivity contribution in [2.45, 2.75) is 25.0 Å². The maximum Gasteiger partial charge on any atom is 0.336 e. The zero-order valence-corrected chi connectivity index (χ0v) is 11.6. The number of allylic oxidation sites excluding steroid dienone is 2. The van der Waals surface area contributed by atoms with Crippen LogP contribution in [0.4, 0.5) is 5.69 Å². The Bertz CT molecular complexity index is 672. The number of aryl methyl sites for hydroxylation is 1. The fourth-order valence-corrected chi connectivity index (χ4v) is 3.18. The maximum absolute atomic E-state index is 12.3. The summed E-state index contributed by atoms with van der Waals surface area (Å²) in [5, 5.41) is 4.75. The van der Waals surface area contributed by atoms with E-state index in [4.69, 9.17) is 10.1 Å². The molecule has 3 heteroatoms. The molecule has 1 aliphatic carbocycles. The van der Waals surface area contributed by atoms with Crippen molar-refractivity contribution < 1.29 is 9.53 Å². The molecule has 2 heterocycles. The van der Waals surface area contributed by atoms with E-state index in [0.717, 1.165) is 18.5 Å². The number of hydrogen-bond donors (Lipinski definition) is 0. The zero-order chi connectivity index (χ0) is 14.2. The zero-order valence-electron chi connectivity index (χ0n) is 11.6. The summed E-state index contributed by atoms with van der Waals surface area (Å²) in [7, 11) is 0. The van der Waals surface area contributed by atoms with Gasteiger partial charge >= 0.3 is 5.97 Å². The van der Waals surface area contributed by atoms with Crippen LogP contribution in [0.2, 0.25) is 0 Å². The van der Waals surface area contributed by atoms with Gasteiger partial charge in [0.2, 0.25) is 0 Å². The first kappa shape index (κ1) is 12.5. The quantitative estimate of drug-likeness (QED) is 0.741. The predicted molar refractivity (Wildman–Crippen MR) is 80.1 cm³/mol. The molecule has 0 saturated carbocycles. The summed E-state index contributed by atoms with van der Waals surface area (Å²) < 4.78 is 5.54. The minimum atomic E-state index is -0.218. The molecule has 105 valence electrons. The van der Waals surface area contributed by atoms with Gasteiger partial charge in [-0.2, -0.15) is 0 Å². The lowest BCUT2D eigenvalue weighted by Gasteiger charge is -2.32. The van der Waals surface area contributed by atoms with E-state index in [0.29, 0.717) is 5.57 Å². The lowest BCUT2D eigenvalue weighted by atomic mass is 9.87. The summed E-state index contributed by atoms with van der Waals surface area (Å²) >= 11 is 0. The largest absolute Gasteiger partial charge is 0.454 e. The van der Waals surface area contributed by atoms with E-state index in [1.54, 1.807) is 0 Å². The third kappa shape index (κ3) is 2.19. The topological polar surface area (TPSA) is 40.4 Å². The van der Waals surface area contributed by atoms with Crippen molar-refractivity contribution >= 4 is 11.7 Å². The number of nitrogens with zero attached hydrogens (tertiary/aromatic N) is 1. The molecule has 0 bridgehead atoms. The van der Waals surface area contributed by atoms with E-state index < -0.39 is 0 Å². The number of rotatable bonds is 1. The summed E-state index contributed by atoms with van der Waals surface area (Å²) in [6, 6.07) is 8.07. The Balaban J connectivity index is 1.62. The van der Waals surface area contributed by atoms with Crippen LogP contribution in [-0.4, -0.2) is 18.1 Å². The van der Waals surface area contributed by atoms with Gasteiger partial charge in [-0.3, -0.25) is 5.32 Å². The second kappa shape index (κ2) is 4.92. The van der Waals surface area contributed by atoms with E-state index in [9.17, 15) is 4.79 Å². The van der Waals surface area contributed by atoms with Crippen LogP contribution in [0.3, 0.4) is 0 Å². The summed E-state index contributed by atoms with van der Waals surface area (Å²) in [5.41, 5.74) is 2.98. The van der Waals surface area contributed by atoms with Crippen LogP contribution < -0.4 is 5.32 Å². The Morgan fingerprint density at radius 1 is 1.14 bits per heavy atom. The maximum atomic E-state index is 12.3. The smallest absolute Gasteiger partial charge is 0.336 e. The lowest BCUT2D eigenvalue weighted by Crippen LogP contribution is -2.37. The number of carbonyl (C=O) groups is 1. The second-order valence-corrected chi connectivity index (χ2v) is 5.65. The molecule has 3 nitrogen and oxygen atoms in total. The van der Waals surface area contributed by atoms with Crippen molar-refractivity contribution in [3.63, 3.8) is 0 Å². The summed E-state index contributed by atoms with van der Waals surface area (Å²) in [4.78, 5) is 12.3. The highest BCUT2D eigenvalue weighted by atomic mass is 16.5. The monoisotopic (exact) mass is 278 g/mol. The third-order valence-corrected chi connectivity index (χ3v) is 4.31. The van der Waals surface area contributed by atoms with Crippen molar-refractivity contribution in [3.8, 4) is 0 Å². The average Bonchev–Trinajstić information content (AvgIpc) is 2.54. The molecule has 1 radical (unpaired) electrons.